The number of thioether (sulfide) groups is 2. The topological polar surface area (TPSA) is 740 Å². The summed E-state index contributed by atoms with van der Waals surface area (Å²) in [4.78, 5) is 303. The third-order valence-electron chi connectivity index (χ3n) is 22.9. The van der Waals surface area contributed by atoms with E-state index in [1.54, 1.807) is 72.4 Å². The Bertz CT molecular complexity index is 4700. The largest absolute Gasteiger partial charge is 0.481 e. The number of guanidine groups is 1. The minimum Gasteiger partial charge on any atom is -0.481 e. The minimum absolute atomic E-state index is 0.0137. The first-order valence-corrected chi connectivity index (χ1v) is 48.1. The highest BCUT2D eigenvalue weighted by atomic mass is 32.2. The van der Waals surface area contributed by atoms with Crippen LogP contribution in [0.5, 0.6) is 0 Å². The Hall–Kier alpha value is -12.3. The van der Waals surface area contributed by atoms with Gasteiger partial charge in [0.05, 0.1) is 41.0 Å². The Balaban J connectivity index is 1.69. The number of Topliss-reactive ketones (excluding diaryl/α,β-unsaturated/α-hetero) is 2. The van der Waals surface area contributed by atoms with Gasteiger partial charge in [0, 0.05) is 106 Å². The number of aromatic nitrogens is 3. The molecule has 1 saturated heterocycles. The van der Waals surface area contributed by atoms with Gasteiger partial charge in [0.1, 0.15) is 66.5 Å². The smallest absolute Gasteiger partial charge is 0.305 e. The number of ketones is 2. The van der Waals surface area contributed by atoms with Crippen LogP contribution in [0.3, 0.4) is 0 Å². The molecule has 2 aliphatic rings. The van der Waals surface area contributed by atoms with Crippen molar-refractivity contribution in [3.05, 3.63) is 35.9 Å². The van der Waals surface area contributed by atoms with Crippen LogP contribution in [0.2, 0.25) is 0 Å². The maximum Gasteiger partial charge on any atom is 0.305 e. The van der Waals surface area contributed by atoms with E-state index in [1.165, 1.54) is 42.5 Å². The highest BCUT2D eigenvalue weighted by Crippen LogP contribution is 2.36. The molecule has 16 atom stereocenters. The van der Waals surface area contributed by atoms with E-state index < -0.39 is 315 Å². The monoisotopic (exact) mass is 1950 g/mol. The number of nitrogens with one attached hydrogen (secondary N) is 15. The van der Waals surface area contributed by atoms with Gasteiger partial charge < -0.3 is 122 Å². The zero-order valence-corrected chi connectivity index (χ0v) is 80.0. The van der Waals surface area contributed by atoms with Crippen molar-refractivity contribution in [2.24, 2.45) is 58.4 Å². The number of thiophene rings is 1. The van der Waals surface area contributed by atoms with Gasteiger partial charge >= 0.3 is 17.9 Å². The Morgan fingerprint density at radius 1 is 0.630 bits per heavy atom. The van der Waals surface area contributed by atoms with Crippen molar-refractivity contribution in [3.63, 3.8) is 0 Å². The first-order valence-electron chi connectivity index (χ1n) is 44.8. The summed E-state index contributed by atoms with van der Waals surface area (Å²) in [6.07, 6.45) is -1.76. The van der Waals surface area contributed by atoms with Crippen molar-refractivity contribution in [3.8, 4) is 0 Å². The minimum atomic E-state index is -2.03. The number of aliphatic carboxylic acids is 3. The Morgan fingerprint density at radius 2 is 1.26 bits per heavy atom. The number of fused-ring (bicyclic) bond motifs is 4. The average Bonchev–Trinajstić information content (AvgIpc) is 1.65. The summed E-state index contributed by atoms with van der Waals surface area (Å²) in [5.41, 5.74) is 22.8. The Labute approximate surface area is 793 Å². The first kappa shape index (κ1) is 113. The van der Waals surface area contributed by atoms with E-state index in [0.29, 0.717) is 20.9 Å². The molecule has 2 aliphatic heterocycles. The molecule has 748 valence electrons. The van der Waals surface area contributed by atoms with Gasteiger partial charge in [0.2, 0.25) is 94.5 Å². The lowest BCUT2D eigenvalue weighted by Crippen LogP contribution is -2.61. The number of amides is 16. The van der Waals surface area contributed by atoms with Gasteiger partial charge in [-0.3, -0.25) is 106 Å². The standard InChI is InChI=1S/C86H132N22O24S3/c1-11-45(8)70-83(131)103-57(32-42(2)3)79(127)102-58(37-68(118)119)80(128)101-56(34-49-38-92-41-94-49)63(111)35-50(43(4)5)74(122)97-52(75(123)99-54(20-22-64(87)112)76(124)98-53(17-14-27-93-86(90)91)77(125)105-69(44(6)7)82(130)96-51(72(89)120)26-30-133-10)16-12-13-28-107-39-48-25-31-134-71(48)85(107)135-40-60(95-46(9)109)62(110)33-47(19-23-66(114)115)73(121)104-59(36-65(88)113)84(132)108-29-15-18-61(108)81(129)100-55(78(126)106-70)21-24-67(116)117/h25,31,38-39,41-45,47,50-61,69-70H,11-24,26-30,32-37,40H2,1-10H3,(H2,87,112)(H2,88,113)(H2,89,120)(H,92,94)(H,95,109)(H,96,130)(H,97,122)(H,98,124)(H,99,123)(H,100,129)(H,101,128)(H,102,127)(H,103,131)(H,104,121)(H,105,125)(H,106,126)(H,114,115)(H,116,117)(H,118,119)(H4,90,91,93)/t45-,47+,50-,51-,52-,53?,54-,55-,56-,57-,58-,59-,60-,61-,69-,70-/m0/s1. The second-order valence-corrected chi connectivity index (χ2v) is 37.7. The lowest BCUT2D eigenvalue weighted by Gasteiger charge is -2.31. The molecule has 0 spiro atoms. The molecule has 3 aromatic heterocycles. The van der Waals surface area contributed by atoms with E-state index in [0.717, 1.165) is 23.6 Å². The van der Waals surface area contributed by atoms with Gasteiger partial charge in [-0.1, -0.05) is 61.8 Å². The van der Waals surface area contributed by atoms with Crippen LogP contribution in [0.4, 0.5) is 0 Å². The fourth-order valence-corrected chi connectivity index (χ4v) is 18.0. The van der Waals surface area contributed by atoms with Crippen molar-refractivity contribution in [1.29, 1.82) is 5.41 Å². The maximum absolute atomic E-state index is 15.4. The van der Waals surface area contributed by atoms with Crippen LogP contribution in [-0.4, -0.2) is 274 Å². The van der Waals surface area contributed by atoms with Crippen molar-refractivity contribution in [2.45, 2.75) is 287 Å². The van der Waals surface area contributed by atoms with Crippen molar-refractivity contribution < 1.29 is 116 Å². The molecule has 5 heterocycles. The summed E-state index contributed by atoms with van der Waals surface area (Å²) in [6, 6.07) is -19.1. The number of carboxylic acids is 3. The summed E-state index contributed by atoms with van der Waals surface area (Å²) < 4.78 is 2.51. The third-order valence-corrected chi connectivity index (χ3v) is 25.8. The van der Waals surface area contributed by atoms with Gasteiger partial charge in [0.25, 0.3) is 0 Å². The number of carbonyl (C=O) groups is 21. The molecule has 16 amide bonds. The van der Waals surface area contributed by atoms with E-state index in [1.807, 2.05) is 4.57 Å². The number of primary amides is 3. The number of carboxylic acid groups (broad SMARTS) is 3. The lowest BCUT2D eigenvalue weighted by molar-refractivity contribution is -0.144. The predicted molar refractivity (Wildman–Crippen MR) is 495 cm³/mol. The molecular formula is C86H132N22O24S3. The summed E-state index contributed by atoms with van der Waals surface area (Å²) >= 11 is 3.79. The van der Waals surface area contributed by atoms with Gasteiger partial charge in [-0.05, 0) is 124 Å². The molecule has 3 aromatic rings. The number of nitrogens with two attached hydrogens (primary N) is 4. The van der Waals surface area contributed by atoms with Gasteiger partial charge in [-0.2, -0.15) is 11.8 Å². The molecule has 1 fully saturated rings. The predicted octanol–water partition coefficient (Wildman–Crippen LogP) is -1.83. The quantitative estimate of drug-likeness (QED) is 0.0171. The van der Waals surface area contributed by atoms with Gasteiger partial charge in [-0.15, -0.1) is 23.1 Å². The molecule has 0 bridgehead atoms. The zero-order chi connectivity index (χ0) is 101. The van der Waals surface area contributed by atoms with Crippen LogP contribution in [0, 0.1) is 40.9 Å². The van der Waals surface area contributed by atoms with E-state index in [4.69, 9.17) is 28.3 Å². The fourth-order valence-electron chi connectivity index (χ4n) is 15.2. The normalized spacial score (nSPS) is 22.4. The second kappa shape index (κ2) is 56.1. The SMILES string of the molecule is CC[C@H](C)[C@@H]1NC(=O)[C@H](CCC(=O)O)NC(=O)[C@@H]2CCCN2C(=O)[C@H](CC(N)=O)NC(=O)[C@H](CCC(=O)O)CC(=O)[C@@H](NC(C)=O)CSc2c3sccc3cn2CCCC[C@@H](C(=O)N[C@@H](CCC(N)=O)C(=O)NC(CCCNC(=N)N)C(=O)N[C@H](C(=O)N[C@@H](CCSC)C(N)=O)C(C)C)NC(=O)[C@H](C(C)C)CC(=O)[C@H](Cc2cnc[nH]2)NC(=O)[C@H](CC(=O)O)NC(=O)[C@H](CC(C)C)NC1=O. The third kappa shape index (κ3) is 37.8. The van der Waals surface area contributed by atoms with E-state index in [-0.39, 0.29) is 95.3 Å². The van der Waals surface area contributed by atoms with Crippen molar-refractivity contribution in [1.82, 2.24) is 88.6 Å². The molecule has 1 unspecified atom stereocenters. The number of hydrogen-bond donors (Lipinski definition) is 22. The molecule has 0 radical (unpaired) electrons. The highest BCUT2D eigenvalue weighted by Gasteiger charge is 2.44. The van der Waals surface area contributed by atoms with Crippen LogP contribution >= 0.6 is 34.9 Å². The number of H-pyrrole nitrogens is 1. The number of hydrogen-bond acceptors (Lipinski definition) is 26. The number of nitrogens with zero attached hydrogens (tertiary/aromatic N) is 3. The number of imidazole rings is 1. The molecular weight excluding hydrogens is 1820 g/mol. The lowest BCUT2D eigenvalue weighted by atomic mass is 9.86. The van der Waals surface area contributed by atoms with Crippen LogP contribution in [-0.2, 0) is 114 Å². The molecule has 0 saturated carbocycles. The summed E-state index contributed by atoms with van der Waals surface area (Å²) in [5, 5.41) is 74.3. The molecule has 5 rings (SSSR count). The molecule has 26 N–H and O–H groups in total. The molecule has 0 aromatic carbocycles. The fraction of sp³-hybridized carbons (Fsp3) is 0.640. The van der Waals surface area contributed by atoms with Gasteiger partial charge in [-0.25, -0.2) is 4.98 Å². The Kier molecular flexibility index (Phi) is 47.1. The van der Waals surface area contributed by atoms with Crippen LogP contribution in [0.1, 0.15) is 196 Å². The van der Waals surface area contributed by atoms with Gasteiger partial charge in [0.15, 0.2) is 17.5 Å². The zero-order valence-electron chi connectivity index (χ0n) is 77.5. The number of aromatic amines is 1. The van der Waals surface area contributed by atoms with Crippen LogP contribution < -0.4 is 92.1 Å². The van der Waals surface area contributed by atoms with E-state index >= 15 is 14.4 Å². The van der Waals surface area contributed by atoms with Crippen molar-refractivity contribution in [2.75, 3.05) is 30.9 Å². The molecule has 0 aliphatic carbocycles. The molecule has 49 heteroatoms. The average molecular weight is 1950 g/mol. The van der Waals surface area contributed by atoms with E-state index in [9.17, 15) is 102 Å². The highest BCUT2D eigenvalue weighted by molar-refractivity contribution is 7.99. The Morgan fingerprint density at radius 3 is 1.86 bits per heavy atom. The summed E-state index contributed by atoms with van der Waals surface area (Å²) in [5.74, 6) is -28.3. The van der Waals surface area contributed by atoms with E-state index in [2.05, 4.69) is 79.1 Å². The number of carbonyl (C=O) groups excluding carboxylic acids is 18. The van der Waals surface area contributed by atoms with Crippen molar-refractivity contribution >= 4 is 175 Å². The summed E-state index contributed by atoms with van der Waals surface area (Å²) in [7, 11) is 0. The molecule has 46 nitrogen and oxygen atoms in total. The molecule has 135 heavy (non-hydrogen) atoms. The summed E-state index contributed by atoms with van der Waals surface area (Å²) in [6.45, 7) is 13.8. The number of aryl methyl sites for hydroxylation is 1. The maximum atomic E-state index is 15.4. The van der Waals surface area contributed by atoms with Crippen LogP contribution in [0.25, 0.3) is 10.1 Å². The number of rotatable bonds is 38. The second-order valence-electron chi connectivity index (χ2n) is 34.8. The van der Waals surface area contributed by atoms with Crippen LogP contribution in [0.15, 0.2) is 35.2 Å². The first-order chi connectivity index (χ1) is 63.6.